The number of hydrogen-bond donors (Lipinski definition) is 2. The first kappa shape index (κ1) is 30.2. The third kappa shape index (κ3) is 6.13. The molecule has 1 aromatic heterocycles. The molecule has 5 rings (SSSR count). The van der Waals surface area contributed by atoms with Gasteiger partial charge in [-0.2, -0.15) is 14.1 Å². The molecule has 43 heavy (non-hydrogen) atoms. The van der Waals surface area contributed by atoms with Crippen LogP contribution in [0.4, 0.5) is 5.69 Å². The van der Waals surface area contributed by atoms with Crippen LogP contribution in [-0.2, 0) is 14.8 Å². The Kier molecular flexibility index (Phi) is 8.56. The first-order valence-electron chi connectivity index (χ1n) is 13.3. The molecule has 13 heteroatoms. The summed E-state index contributed by atoms with van der Waals surface area (Å²) in [4.78, 5) is 24.8. The van der Waals surface area contributed by atoms with Gasteiger partial charge in [0.2, 0.25) is 15.9 Å². The van der Waals surface area contributed by atoms with Gasteiger partial charge in [0.1, 0.15) is 10.6 Å². The van der Waals surface area contributed by atoms with E-state index in [1.807, 2.05) is 26.0 Å². The first-order valence-corrected chi connectivity index (χ1v) is 15.2. The maximum Gasteiger partial charge on any atom is 0.356 e. The number of hydrogen-bond acceptors (Lipinski definition) is 7. The van der Waals surface area contributed by atoms with E-state index in [1.165, 1.54) is 33.3 Å². The van der Waals surface area contributed by atoms with Crippen LogP contribution in [0.15, 0.2) is 65.6 Å². The molecule has 0 saturated carbocycles. The van der Waals surface area contributed by atoms with E-state index in [0.717, 1.165) is 11.1 Å². The smallest absolute Gasteiger partial charge is 0.356 e. The SMILES string of the molecule is Cc1cccc(-n2nc(C(=O)O)c(C)c2Oc2ccc(NC(=O)c3cccc(Cl)c3)cc2S(=O)(=O)N2CCOCC2)c1C. The van der Waals surface area contributed by atoms with Gasteiger partial charge in [0.25, 0.3) is 5.91 Å². The summed E-state index contributed by atoms with van der Waals surface area (Å²) in [6.07, 6.45) is 0. The highest BCUT2D eigenvalue weighted by atomic mass is 35.5. The van der Waals surface area contributed by atoms with Gasteiger partial charge in [0, 0.05) is 34.9 Å². The lowest BCUT2D eigenvalue weighted by atomic mass is 10.1. The van der Waals surface area contributed by atoms with E-state index >= 15 is 0 Å². The molecule has 1 saturated heterocycles. The molecule has 1 amide bonds. The van der Waals surface area contributed by atoms with Crippen LogP contribution in [0.3, 0.4) is 0 Å². The minimum Gasteiger partial charge on any atom is -0.476 e. The van der Waals surface area contributed by atoms with Crippen LogP contribution < -0.4 is 10.1 Å². The number of halogens is 1. The lowest BCUT2D eigenvalue weighted by Gasteiger charge is -2.27. The number of carbonyl (C=O) groups excluding carboxylic acids is 1. The number of rotatable bonds is 8. The number of nitrogens with one attached hydrogen (secondary N) is 1. The second-order valence-corrected chi connectivity index (χ2v) is 12.3. The zero-order valence-corrected chi connectivity index (χ0v) is 25.2. The van der Waals surface area contributed by atoms with Gasteiger partial charge in [-0.1, -0.05) is 29.8 Å². The van der Waals surface area contributed by atoms with Crippen LogP contribution in [0.2, 0.25) is 5.02 Å². The Hall–Kier alpha value is -4.23. The van der Waals surface area contributed by atoms with Crippen molar-refractivity contribution < 1.29 is 32.6 Å². The average Bonchev–Trinajstić information content (AvgIpc) is 3.31. The predicted molar refractivity (Wildman–Crippen MR) is 160 cm³/mol. The van der Waals surface area contributed by atoms with Gasteiger partial charge in [-0.25, -0.2) is 13.2 Å². The molecule has 1 aliphatic rings. The summed E-state index contributed by atoms with van der Waals surface area (Å²) in [6, 6.07) is 16.1. The number of nitrogens with zero attached hydrogens (tertiary/aromatic N) is 3. The molecule has 11 nitrogen and oxygen atoms in total. The number of ether oxygens (including phenoxy) is 2. The van der Waals surface area contributed by atoms with Gasteiger partial charge < -0.3 is 19.9 Å². The Morgan fingerprint density at radius 3 is 2.42 bits per heavy atom. The number of carboxylic acid groups (broad SMARTS) is 1. The Balaban J connectivity index is 1.62. The highest BCUT2D eigenvalue weighted by Gasteiger charge is 2.32. The number of morpholine rings is 1. The quantitative estimate of drug-likeness (QED) is 0.272. The zero-order valence-electron chi connectivity index (χ0n) is 23.6. The number of sulfonamides is 1. The van der Waals surface area contributed by atoms with Crippen molar-refractivity contribution in [2.75, 3.05) is 31.6 Å². The van der Waals surface area contributed by atoms with Gasteiger partial charge in [-0.3, -0.25) is 4.79 Å². The number of aromatic nitrogens is 2. The van der Waals surface area contributed by atoms with Crippen molar-refractivity contribution in [2.45, 2.75) is 25.7 Å². The molecule has 2 heterocycles. The fourth-order valence-electron chi connectivity index (χ4n) is 4.67. The number of carboxylic acids is 1. The first-order chi connectivity index (χ1) is 20.5. The highest BCUT2D eigenvalue weighted by molar-refractivity contribution is 7.89. The van der Waals surface area contributed by atoms with Gasteiger partial charge >= 0.3 is 5.97 Å². The fourth-order valence-corrected chi connectivity index (χ4v) is 6.40. The van der Waals surface area contributed by atoms with E-state index in [9.17, 15) is 23.1 Å². The number of anilines is 1. The molecule has 3 aromatic carbocycles. The van der Waals surface area contributed by atoms with Gasteiger partial charge in [0.05, 0.1) is 18.9 Å². The summed E-state index contributed by atoms with van der Waals surface area (Å²) in [5.41, 5.74) is 2.83. The zero-order chi connectivity index (χ0) is 30.9. The number of amides is 1. The van der Waals surface area contributed by atoms with Crippen LogP contribution in [0.5, 0.6) is 11.6 Å². The Morgan fingerprint density at radius 2 is 1.72 bits per heavy atom. The Bertz CT molecular complexity index is 1830. The minimum absolute atomic E-state index is 0.0419. The minimum atomic E-state index is -4.15. The topological polar surface area (TPSA) is 140 Å². The number of aryl methyl sites for hydroxylation is 1. The Morgan fingerprint density at radius 1 is 1.00 bits per heavy atom. The summed E-state index contributed by atoms with van der Waals surface area (Å²) in [5.74, 6) is -1.77. The molecule has 0 unspecified atom stereocenters. The molecule has 1 aliphatic heterocycles. The van der Waals surface area contributed by atoms with E-state index in [4.69, 9.17) is 21.1 Å². The summed E-state index contributed by atoms with van der Waals surface area (Å²) >= 11 is 6.03. The molecule has 1 fully saturated rings. The highest BCUT2D eigenvalue weighted by Crippen LogP contribution is 2.37. The van der Waals surface area contributed by atoms with Crippen LogP contribution in [0.25, 0.3) is 5.69 Å². The van der Waals surface area contributed by atoms with Gasteiger partial charge in [0.15, 0.2) is 5.69 Å². The monoisotopic (exact) mass is 624 g/mol. The second-order valence-electron chi connectivity index (χ2n) is 9.96. The standard InChI is InChI=1S/C30H29ClN4O7S/c1-18-6-4-9-24(19(18)2)35-29(20(3)27(33-35)30(37)38)42-25-11-10-23(32-28(36)21-7-5-8-22(31)16-21)17-26(25)43(39,40)34-12-14-41-15-13-34/h4-11,16-17H,12-15H2,1-3H3,(H,32,36)(H,37,38). The number of carbonyl (C=O) groups is 2. The van der Waals surface area contributed by atoms with Crippen molar-refractivity contribution in [3.8, 4) is 17.3 Å². The lowest BCUT2D eigenvalue weighted by molar-refractivity contribution is 0.0689. The third-order valence-electron chi connectivity index (χ3n) is 7.16. The second kappa shape index (κ2) is 12.2. The van der Waals surface area contributed by atoms with Gasteiger partial charge in [-0.05, 0) is 74.4 Å². The molecule has 0 radical (unpaired) electrons. The van der Waals surface area contributed by atoms with Crippen molar-refractivity contribution in [2.24, 2.45) is 0 Å². The van der Waals surface area contributed by atoms with Crippen LogP contribution in [0, 0.1) is 20.8 Å². The van der Waals surface area contributed by atoms with Gasteiger partial charge in [-0.15, -0.1) is 0 Å². The average molecular weight is 625 g/mol. The van der Waals surface area contributed by atoms with E-state index in [2.05, 4.69) is 10.4 Å². The van der Waals surface area contributed by atoms with Crippen molar-refractivity contribution in [1.82, 2.24) is 14.1 Å². The van der Waals surface area contributed by atoms with Crippen molar-refractivity contribution in [3.05, 3.63) is 93.6 Å². The summed E-state index contributed by atoms with van der Waals surface area (Å²) in [7, 11) is -4.15. The molecule has 0 bridgehead atoms. The maximum atomic E-state index is 13.9. The molecule has 4 aromatic rings. The molecule has 224 valence electrons. The van der Waals surface area contributed by atoms with Crippen LogP contribution in [-0.4, -0.2) is 65.8 Å². The van der Waals surface area contributed by atoms with E-state index in [-0.39, 0.29) is 59.8 Å². The summed E-state index contributed by atoms with van der Waals surface area (Å²) in [6.45, 7) is 6.03. The van der Waals surface area contributed by atoms with Crippen LogP contribution >= 0.6 is 11.6 Å². The molecular formula is C30H29ClN4O7S. The maximum absolute atomic E-state index is 13.9. The Labute approximate surface area is 253 Å². The van der Waals surface area contributed by atoms with E-state index in [1.54, 1.807) is 31.2 Å². The summed E-state index contributed by atoms with van der Waals surface area (Å²) < 4.78 is 42.1. The van der Waals surface area contributed by atoms with Crippen molar-refractivity contribution >= 4 is 39.2 Å². The molecular weight excluding hydrogens is 596 g/mol. The largest absolute Gasteiger partial charge is 0.476 e. The molecule has 2 N–H and O–H groups in total. The normalized spacial score (nSPS) is 14.0. The molecule has 0 spiro atoms. The third-order valence-corrected chi connectivity index (χ3v) is 9.31. The fraction of sp³-hybridized carbons (Fsp3) is 0.233. The lowest BCUT2D eigenvalue weighted by Crippen LogP contribution is -2.40. The number of aromatic carboxylic acids is 1. The van der Waals surface area contributed by atoms with E-state index < -0.39 is 21.9 Å². The summed E-state index contributed by atoms with van der Waals surface area (Å²) in [5, 5.41) is 17.2. The van der Waals surface area contributed by atoms with Crippen molar-refractivity contribution in [1.29, 1.82) is 0 Å². The van der Waals surface area contributed by atoms with Crippen molar-refractivity contribution in [3.63, 3.8) is 0 Å². The van der Waals surface area contributed by atoms with Crippen LogP contribution in [0.1, 0.15) is 37.5 Å². The molecule has 0 aliphatic carbocycles. The van der Waals surface area contributed by atoms with E-state index in [0.29, 0.717) is 16.3 Å². The predicted octanol–water partition coefficient (Wildman–Crippen LogP) is 5.21. The number of benzene rings is 3. The molecule has 0 atom stereocenters.